The molecule has 4 aliphatic rings. The predicted octanol–water partition coefficient (Wildman–Crippen LogP) is 4.86. The Balaban J connectivity index is 1.37. The highest BCUT2D eigenvalue weighted by atomic mass is 16.5. The van der Waals surface area contributed by atoms with Crippen LogP contribution in [0.25, 0.3) is 10.8 Å². The summed E-state index contributed by atoms with van der Waals surface area (Å²) in [5.74, 6) is 1.84. The zero-order valence-corrected chi connectivity index (χ0v) is 16.2. The molecular weight excluding hydrogens is 334 g/mol. The van der Waals surface area contributed by atoms with Crippen LogP contribution in [0.4, 0.5) is 0 Å². The highest BCUT2D eigenvalue weighted by molar-refractivity contribution is 5.90. The summed E-state index contributed by atoms with van der Waals surface area (Å²) in [5.41, 5.74) is 2.52. The van der Waals surface area contributed by atoms with Crippen LogP contribution in [0, 0.1) is 5.92 Å². The van der Waals surface area contributed by atoms with Gasteiger partial charge in [0.05, 0.1) is 12.7 Å². The van der Waals surface area contributed by atoms with Crippen LogP contribution in [0.5, 0.6) is 5.75 Å². The van der Waals surface area contributed by atoms with Gasteiger partial charge in [-0.15, -0.1) is 0 Å². The summed E-state index contributed by atoms with van der Waals surface area (Å²) < 4.78 is 6.35. The van der Waals surface area contributed by atoms with Gasteiger partial charge in [-0.2, -0.15) is 0 Å². The van der Waals surface area contributed by atoms with Crippen molar-refractivity contribution in [2.45, 2.75) is 57.0 Å². The first-order valence-corrected chi connectivity index (χ1v) is 10.9. The van der Waals surface area contributed by atoms with Gasteiger partial charge in [0.15, 0.2) is 0 Å². The second-order valence-corrected chi connectivity index (χ2v) is 8.79. The molecule has 6 rings (SSSR count). The van der Waals surface area contributed by atoms with Crippen molar-refractivity contribution < 1.29 is 9.84 Å². The number of nitrogens with zero attached hydrogens (tertiary/aromatic N) is 1. The van der Waals surface area contributed by atoms with Gasteiger partial charge in [0.25, 0.3) is 0 Å². The molecule has 1 saturated carbocycles. The van der Waals surface area contributed by atoms with Crippen LogP contribution in [0.2, 0.25) is 0 Å². The van der Waals surface area contributed by atoms with Gasteiger partial charge >= 0.3 is 0 Å². The van der Waals surface area contributed by atoms with E-state index in [-0.39, 0.29) is 0 Å². The van der Waals surface area contributed by atoms with Gasteiger partial charge < -0.3 is 14.7 Å². The Morgan fingerprint density at radius 3 is 2.56 bits per heavy atom. The third kappa shape index (κ3) is 3.36. The Kier molecular flexibility index (Phi) is 4.83. The SMILES string of the molecule is Oc1c(CCOC2CN3CCC2CC3)c(C2CCCC2)cc2ccccc12. The molecule has 3 nitrogen and oxygen atoms in total. The van der Waals surface area contributed by atoms with Crippen LogP contribution in [0.1, 0.15) is 55.6 Å². The number of ether oxygens (including phenoxy) is 1. The number of rotatable bonds is 5. The summed E-state index contributed by atoms with van der Waals surface area (Å²) in [5, 5.41) is 13.2. The molecule has 0 radical (unpaired) electrons. The monoisotopic (exact) mass is 365 g/mol. The molecule has 2 aromatic carbocycles. The molecule has 3 heteroatoms. The van der Waals surface area contributed by atoms with Crippen molar-refractivity contribution in [2.24, 2.45) is 5.92 Å². The fraction of sp³-hybridized carbons (Fsp3) is 0.583. The lowest BCUT2D eigenvalue weighted by molar-refractivity contribution is -0.0684. The summed E-state index contributed by atoms with van der Waals surface area (Å²) >= 11 is 0. The van der Waals surface area contributed by atoms with E-state index in [1.54, 1.807) is 0 Å². The summed E-state index contributed by atoms with van der Waals surface area (Å²) in [6.07, 6.45) is 8.94. The van der Waals surface area contributed by atoms with Gasteiger partial charge in [0, 0.05) is 17.5 Å². The van der Waals surface area contributed by atoms with Gasteiger partial charge in [-0.25, -0.2) is 0 Å². The van der Waals surface area contributed by atoms with Crippen LogP contribution in [-0.2, 0) is 11.2 Å². The molecule has 2 aromatic rings. The Hall–Kier alpha value is -1.58. The standard InChI is InChI=1S/C24H31NO2/c26-24-20-8-4-3-7-19(20)15-22(17-5-1-2-6-17)21(24)11-14-27-23-16-25-12-9-18(23)10-13-25/h3-4,7-8,15,17-18,23,26H,1-2,5-6,9-14,16H2. The van der Waals surface area contributed by atoms with Crippen LogP contribution >= 0.6 is 0 Å². The Labute approximate surface area is 162 Å². The number of aromatic hydroxyl groups is 1. The highest BCUT2D eigenvalue weighted by Crippen LogP contribution is 2.42. The van der Waals surface area contributed by atoms with Crippen molar-refractivity contribution in [3.05, 3.63) is 41.5 Å². The molecule has 3 saturated heterocycles. The molecular formula is C24H31NO2. The van der Waals surface area contributed by atoms with Gasteiger partial charge in [-0.1, -0.05) is 43.2 Å². The first-order chi connectivity index (χ1) is 13.3. The fourth-order valence-electron chi connectivity index (χ4n) is 5.67. The van der Waals surface area contributed by atoms with E-state index in [1.807, 2.05) is 12.1 Å². The number of benzene rings is 2. The first-order valence-electron chi connectivity index (χ1n) is 10.9. The minimum Gasteiger partial charge on any atom is -0.507 e. The molecule has 0 aromatic heterocycles. The minimum absolute atomic E-state index is 0.394. The molecule has 1 aliphatic carbocycles. The minimum atomic E-state index is 0.394. The van der Waals surface area contributed by atoms with Crippen LogP contribution < -0.4 is 0 Å². The maximum absolute atomic E-state index is 11.1. The number of hydrogen-bond acceptors (Lipinski definition) is 3. The highest BCUT2D eigenvalue weighted by Gasteiger charge is 2.34. The van der Waals surface area contributed by atoms with E-state index in [9.17, 15) is 5.11 Å². The summed E-state index contributed by atoms with van der Waals surface area (Å²) in [6.45, 7) is 4.33. The van der Waals surface area contributed by atoms with Crippen LogP contribution in [0.15, 0.2) is 30.3 Å². The third-order valence-electron chi connectivity index (χ3n) is 7.24. The van der Waals surface area contributed by atoms with E-state index in [0.29, 0.717) is 17.8 Å². The maximum atomic E-state index is 11.1. The van der Waals surface area contributed by atoms with Gasteiger partial charge in [-0.05, 0) is 68.0 Å². The molecule has 0 amide bonds. The Bertz CT molecular complexity index is 803. The van der Waals surface area contributed by atoms with Crippen LogP contribution in [0.3, 0.4) is 0 Å². The quantitative estimate of drug-likeness (QED) is 0.822. The Morgan fingerprint density at radius 1 is 1.04 bits per heavy atom. The van der Waals surface area contributed by atoms with Gasteiger partial charge in [-0.3, -0.25) is 0 Å². The third-order valence-corrected chi connectivity index (χ3v) is 7.24. The second kappa shape index (κ2) is 7.44. The predicted molar refractivity (Wildman–Crippen MR) is 109 cm³/mol. The van der Waals surface area contributed by atoms with E-state index in [2.05, 4.69) is 23.1 Å². The van der Waals surface area contributed by atoms with Crippen molar-refractivity contribution in [2.75, 3.05) is 26.2 Å². The number of fused-ring (bicyclic) bond motifs is 4. The van der Waals surface area contributed by atoms with E-state index >= 15 is 0 Å². The summed E-state index contributed by atoms with van der Waals surface area (Å²) in [6, 6.07) is 10.6. The Morgan fingerprint density at radius 2 is 1.81 bits per heavy atom. The van der Waals surface area contributed by atoms with Crippen molar-refractivity contribution in [3.8, 4) is 5.75 Å². The van der Waals surface area contributed by atoms with E-state index < -0.39 is 0 Å². The number of piperidine rings is 3. The largest absolute Gasteiger partial charge is 0.507 e. The molecule has 27 heavy (non-hydrogen) atoms. The zero-order chi connectivity index (χ0) is 18.2. The number of phenols is 1. The number of hydrogen-bond donors (Lipinski definition) is 1. The average molecular weight is 366 g/mol. The molecule has 3 aliphatic heterocycles. The molecule has 0 spiro atoms. The lowest BCUT2D eigenvalue weighted by atomic mass is 9.85. The molecule has 4 fully saturated rings. The topological polar surface area (TPSA) is 32.7 Å². The average Bonchev–Trinajstić information content (AvgIpc) is 3.25. The molecule has 1 N–H and O–H groups in total. The van der Waals surface area contributed by atoms with Crippen LogP contribution in [-0.4, -0.2) is 42.4 Å². The van der Waals surface area contributed by atoms with Crippen molar-refractivity contribution >= 4 is 10.8 Å². The zero-order valence-electron chi connectivity index (χ0n) is 16.2. The normalized spacial score (nSPS) is 28.2. The van der Waals surface area contributed by atoms with E-state index in [4.69, 9.17) is 4.74 Å². The molecule has 1 unspecified atom stereocenters. The van der Waals surface area contributed by atoms with Gasteiger partial charge in [0.2, 0.25) is 0 Å². The van der Waals surface area contributed by atoms with E-state index in [1.165, 1.54) is 62.6 Å². The fourth-order valence-corrected chi connectivity index (χ4v) is 5.67. The molecule has 3 heterocycles. The van der Waals surface area contributed by atoms with Crippen molar-refractivity contribution in [1.29, 1.82) is 0 Å². The summed E-state index contributed by atoms with van der Waals surface area (Å²) in [4.78, 5) is 2.54. The molecule has 144 valence electrons. The second-order valence-electron chi connectivity index (χ2n) is 8.79. The number of phenolic OH excluding ortho intramolecular Hbond substituents is 1. The van der Waals surface area contributed by atoms with E-state index in [0.717, 1.165) is 36.4 Å². The lowest BCUT2D eigenvalue weighted by Gasteiger charge is -2.44. The summed E-state index contributed by atoms with van der Waals surface area (Å²) in [7, 11) is 0. The van der Waals surface area contributed by atoms with Crippen molar-refractivity contribution in [1.82, 2.24) is 4.90 Å². The lowest BCUT2D eigenvalue weighted by Crippen LogP contribution is -2.51. The first kappa shape index (κ1) is 17.5. The van der Waals surface area contributed by atoms with Crippen molar-refractivity contribution in [3.63, 3.8) is 0 Å². The molecule has 1 atom stereocenters. The smallest absolute Gasteiger partial charge is 0.126 e. The molecule has 2 bridgehead atoms. The maximum Gasteiger partial charge on any atom is 0.126 e. The van der Waals surface area contributed by atoms with Gasteiger partial charge in [0.1, 0.15) is 5.75 Å².